The van der Waals surface area contributed by atoms with Gasteiger partial charge in [-0.05, 0) is 47.7 Å². The van der Waals surface area contributed by atoms with Crippen molar-refractivity contribution in [1.82, 2.24) is 20.0 Å². The maximum absolute atomic E-state index is 13.3. The Morgan fingerprint density at radius 1 is 0.975 bits per heavy atom. The van der Waals surface area contributed by atoms with Crippen molar-refractivity contribution >= 4 is 17.9 Å². The van der Waals surface area contributed by atoms with Crippen molar-refractivity contribution in [3.8, 4) is 5.75 Å². The molecule has 2 aromatic rings. The molecule has 2 aromatic carbocycles. The topological polar surface area (TPSA) is 91.4 Å². The smallest absolute Gasteiger partial charge is 0.338 e. The summed E-state index contributed by atoms with van der Waals surface area (Å²) in [5.41, 5.74) is 3.64. The van der Waals surface area contributed by atoms with Crippen molar-refractivity contribution in [1.29, 1.82) is 0 Å². The van der Waals surface area contributed by atoms with Gasteiger partial charge < -0.3 is 19.7 Å². The zero-order valence-electron chi connectivity index (χ0n) is 24.3. The molecule has 0 aromatic heterocycles. The predicted octanol–water partition coefficient (Wildman–Crippen LogP) is 3.96. The molecule has 0 aliphatic carbocycles. The standard InChI is InChI=1S/C31H40N4O5/c1-7-40-29(37)26-25(33(5)30(38)32-27(26)21-8-12-23(13-9-21)31(2,3)4)20-34-16-18-35(19-17-34)28(36)22-10-14-24(39-6)15-11-22/h8-15,27H,7,16-20H2,1-6H3,(H,32,38)/t27-/m0/s1. The van der Waals surface area contributed by atoms with Gasteiger partial charge in [0.15, 0.2) is 0 Å². The van der Waals surface area contributed by atoms with Crippen LogP contribution < -0.4 is 10.1 Å². The minimum Gasteiger partial charge on any atom is -0.497 e. The maximum Gasteiger partial charge on any atom is 0.338 e. The van der Waals surface area contributed by atoms with Gasteiger partial charge in [-0.3, -0.25) is 14.6 Å². The van der Waals surface area contributed by atoms with E-state index in [1.807, 2.05) is 29.2 Å². The average Bonchev–Trinajstić information content (AvgIpc) is 2.95. The van der Waals surface area contributed by atoms with Gasteiger partial charge in [-0.2, -0.15) is 0 Å². The molecule has 4 rings (SSSR count). The van der Waals surface area contributed by atoms with Gasteiger partial charge in [0.25, 0.3) is 5.91 Å². The van der Waals surface area contributed by atoms with E-state index in [-0.39, 0.29) is 24.0 Å². The first-order valence-corrected chi connectivity index (χ1v) is 13.7. The molecule has 3 amide bonds. The fraction of sp³-hybridized carbons (Fsp3) is 0.452. The number of nitrogens with one attached hydrogen (secondary N) is 1. The molecule has 0 bridgehead atoms. The highest BCUT2D eigenvalue weighted by Crippen LogP contribution is 2.33. The number of carbonyl (C=O) groups is 3. The van der Waals surface area contributed by atoms with E-state index < -0.39 is 12.0 Å². The van der Waals surface area contributed by atoms with Crippen LogP contribution >= 0.6 is 0 Å². The lowest BCUT2D eigenvalue weighted by Gasteiger charge is -2.39. The Hall–Kier alpha value is -3.85. The van der Waals surface area contributed by atoms with Gasteiger partial charge in [0.2, 0.25) is 0 Å². The summed E-state index contributed by atoms with van der Waals surface area (Å²) in [6, 6.07) is 14.2. The fourth-order valence-corrected chi connectivity index (χ4v) is 5.06. The number of hydrogen-bond acceptors (Lipinski definition) is 6. The number of hydrogen-bond donors (Lipinski definition) is 1. The molecule has 1 N–H and O–H groups in total. The van der Waals surface area contributed by atoms with Crippen molar-refractivity contribution in [2.75, 3.05) is 53.5 Å². The number of esters is 1. The molecular weight excluding hydrogens is 508 g/mol. The monoisotopic (exact) mass is 548 g/mol. The molecule has 0 spiro atoms. The average molecular weight is 549 g/mol. The third kappa shape index (κ3) is 6.31. The van der Waals surface area contributed by atoms with Crippen LogP contribution in [0.4, 0.5) is 4.79 Å². The van der Waals surface area contributed by atoms with E-state index >= 15 is 0 Å². The third-order valence-electron chi connectivity index (χ3n) is 7.55. The number of urea groups is 1. The predicted molar refractivity (Wildman–Crippen MR) is 153 cm³/mol. The zero-order chi connectivity index (χ0) is 29.0. The van der Waals surface area contributed by atoms with Gasteiger partial charge in [0.1, 0.15) is 5.75 Å². The number of nitrogens with zero attached hydrogens (tertiary/aromatic N) is 3. The first-order valence-electron chi connectivity index (χ1n) is 13.7. The van der Waals surface area contributed by atoms with Crippen molar-refractivity contribution in [2.45, 2.75) is 39.2 Å². The Balaban J connectivity index is 1.55. The van der Waals surface area contributed by atoms with E-state index in [0.717, 1.165) is 5.56 Å². The van der Waals surface area contributed by atoms with Crippen molar-refractivity contribution in [3.63, 3.8) is 0 Å². The van der Waals surface area contributed by atoms with Crippen LogP contribution in [0.25, 0.3) is 0 Å². The second kappa shape index (κ2) is 12.1. The lowest BCUT2D eigenvalue weighted by molar-refractivity contribution is -0.139. The number of likely N-dealkylation sites (N-methyl/N-ethyl adjacent to an activating group) is 1. The number of carbonyl (C=O) groups excluding carboxylic acids is 3. The summed E-state index contributed by atoms with van der Waals surface area (Å²) in [5.74, 6) is 0.236. The Bertz CT molecular complexity index is 1260. The highest BCUT2D eigenvalue weighted by molar-refractivity contribution is 5.95. The summed E-state index contributed by atoms with van der Waals surface area (Å²) in [5, 5.41) is 2.99. The summed E-state index contributed by atoms with van der Waals surface area (Å²) >= 11 is 0. The zero-order valence-corrected chi connectivity index (χ0v) is 24.3. The minimum atomic E-state index is -0.621. The molecule has 2 heterocycles. The second-order valence-corrected chi connectivity index (χ2v) is 11.2. The van der Waals surface area contributed by atoms with Gasteiger partial charge in [0.05, 0.1) is 25.3 Å². The Kier molecular flexibility index (Phi) is 8.83. The van der Waals surface area contributed by atoms with Crippen LogP contribution in [0.2, 0.25) is 0 Å². The number of rotatable bonds is 7. The van der Waals surface area contributed by atoms with Crippen LogP contribution in [-0.4, -0.2) is 86.1 Å². The Labute approximate surface area is 236 Å². The molecule has 9 nitrogen and oxygen atoms in total. The van der Waals surface area contributed by atoms with Crippen LogP contribution in [0.15, 0.2) is 59.8 Å². The molecule has 2 aliphatic rings. The SMILES string of the molecule is CCOC(=O)C1=C(CN2CCN(C(=O)c3ccc(OC)cc3)CC2)N(C)C(=O)N[C@H]1c1ccc(C(C)(C)C)cc1. The number of ether oxygens (including phenoxy) is 2. The van der Waals surface area contributed by atoms with Crippen molar-refractivity contribution in [2.24, 2.45) is 0 Å². The largest absolute Gasteiger partial charge is 0.497 e. The lowest BCUT2D eigenvalue weighted by Crippen LogP contribution is -2.53. The first-order chi connectivity index (χ1) is 19.0. The number of amides is 3. The van der Waals surface area contributed by atoms with Gasteiger partial charge >= 0.3 is 12.0 Å². The van der Waals surface area contributed by atoms with E-state index in [0.29, 0.717) is 55.3 Å². The van der Waals surface area contributed by atoms with E-state index in [2.05, 4.69) is 31.0 Å². The van der Waals surface area contributed by atoms with E-state index in [9.17, 15) is 14.4 Å². The van der Waals surface area contributed by atoms with E-state index in [1.54, 1.807) is 45.3 Å². The van der Waals surface area contributed by atoms with Crippen LogP contribution in [0, 0.1) is 0 Å². The lowest BCUT2D eigenvalue weighted by atomic mass is 9.85. The number of benzene rings is 2. The van der Waals surface area contributed by atoms with Crippen LogP contribution in [0.3, 0.4) is 0 Å². The molecule has 0 radical (unpaired) electrons. The quantitative estimate of drug-likeness (QED) is 0.527. The fourth-order valence-electron chi connectivity index (χ4n) is 5.06. The third-order valence-corrected chi connectivity index (χ3v) is 7.55. The van der Waals surface area contributed by atoms with E-state index in [4.69, 9.17) is 9.47 Å². The molecule has 1 atom stereocenters. The first kappa shape index (κ1) is 29.1. The van der Waals surface area contributed by atoms with Crippen LogP contribution in [-0.2, 0) is 14.9 Å². The Morgan fingerprint density at radius 3 is 2.15 bits per heavy atom. The second-order valence-electron chi connectivity index (χ2n) is 11.2. The molecule has 1 saturated heterocycles. The molecule has 9 heteroatoms. The van der Waals surface area contributed by atoms with Crippen molar-refractivity contribution < 1.29 is 23.9 Å². The highest BCUT2D eigenvalue weighted by Gasteiger charge is 2.38. The molecule has 40 heavy (non-hydrogen) atoms. The van der Waals surface area contributed by atoms with E-state index in [1.165, 1.54) is 10.5 Å². The normalized spacial score (nSPS) is 18.4. The summed E-state index contributed by atoms with van der Waals surface area (Å²) in [6.45, 7) is 11.1. The van der Waals surface area contributed by atoms with Gasteiger partial charge in [0, 0.05) is 51.0 Å². The van der Waals surface area contributed by atoms with Crippen LogP contribution in [0.5, 0.6) is 5.75 Å². The van der Waals surface area contributed by atoms with Crippen molar-refractivity contribution in [3.05, 3.63) is 76.5 Å². The summed E-state index contributed by atoms with van der Waals surface area (Å²) < 4.78 is 10.7. The van der Waals surface area contributed by atoms with Gasteiger partial charge in [-0.15, -0.1) is 0 Å². The van der Waals surface area contributed by atoms with Crippen LogP contribution in [0.1, 0.15) is 55.2 Å². The Morgan fingerprint density at radius 2 is 1.60 bits per heavy atom. The highest BCUT2D eigenvalue weighted by atomic mass is 16.5. The maximum atomic E-state index is 13.3. The summed E-state index contributed by atoms with van der Waals surface area (Å²) in [4.78, 5) is 44.9. The molecule has 2 aliphatic heterocycles. The number of methoxy groups -OCH3 is 1. The molecular formula is C31H40N4O5. The van der Waals surface area contributed by atoms with Gasteiger partial charge in [-0.1, -0.05) is 45.0 Å². The molecule has 1 fully saturated rings. The van der Waals surface area contributed by atoms with Gasteiger partial charge in [-0.25, -0.2) is 9.59 Å². The number of piperazine rings is 1. The molecule has 214 valence electrons. The summed E-state index contributed by atoms with van der Waals surface area (Å²) in [6.07, 6.45) is 0. The molecule has 0 saturated carbocycles. The molecule has 0 unspecified atom stereocenters. The minimum absolute atomic E-state index is 0.0174. The summed E-state index contributed by atoms with van der Waals surface area (Å²) in [7, 11) is 3.27.